The molecule has 1 aliphatic rings. The summed E-state index contributed by atoms with van der Waals surface area (Å²) >= 11 is 0. The fourth-order valence-corrected chi connectivity index (χ4v) is 3.10. The van der Waals surface area contributed by atoms with Gasteiger partial charge in [-0.15, -0.1) is 0 Å². The molecule has 0 aliphatic heterocycles. The van der Waals surface area contributed by atoms with Crippen molar-refractivity contribution in [2.75, 3.05) is 0 Å². The molecule has 2 heterocycles. The minimum absolute atomic E-state index is 0.179. The third-order valence-corrected chi connectivity index (χ3v) is 4.09. The largest absolute Gasteiger partial charge is 0.300 e. The Morgan fingerprint density at radius 2 is 2.19 bits per heavy atom. The van der Waals surface area contributed by atoms with E-state index < -0.39 is 0 Å². The Balaban J connectivity index is 2.20. The van der Waals surface area contributed by atoms with Gasteiger partial charge in [-0.1, -0.05) is 6.92 Å². The van der Waals surface area contributed by atoms with E-state index in [0.29, 0.717) is 6.42 Å². The second-order valence-corrected chi connectivity index (χ2v) is 5.57. The van der Waals surface area contributed by atoms with Crippen LogP contribution in [0.15, 0.2) is 18.5 Å². The lowest BCUT2D eigenvalue weighted by atomic mass is 9.93. The average molecular weight is 281 g/mol. The molecule has 2 aromatic heterocycles. The van der Waals surface area contributed by atoms with Crippen LogP contribution in [0.5, 0.6) is 0 Å². The Bertz CT molecular complexity index is 694. The van der Waals surface area contributed by atoms with Crippen LogP contribution >= 0.6 is 0 Å². The minimum atomic E-state index is 0.179. The molecule has 0 atom stereocenters. The number of carbonyl (C=O) groups is 1. The molecule has 1 aliphatic carbocycles. The van der Waals surface area contributed by atoms with Gasteiger partial charge in [0, 0.05) is 30.1 Å². The first-order valence-electron chi connectivity index (χ1n) is 7.50. The summed E-state index contributed by atoms with van der Waals surface area (Å²) in [6.07, 6.45) is 8.10. The number of aromatic nitrogens is 3. The van der Waals surface area contributed by atoms with Crippen LogP contribution < -0.4 is 0 Å². The van der Waals surface area contributed by atoms with Crippen molar-refractivity contribution < 1.29 is 4.79 Å². The highest BCUT2D eigenvalue weighted by Crippen LogP contribution is 2.32. The van der Waals surface area contributed by atoms with E-state index >= 15 is 0 Å². The van der Waals surface area contributed by atoms with Crippen LogP contribution in [0.1, 0.15) is 42.7 Å². The predicted octanol–water partition coefficient (Wildman–Crippen LogP) is 2.72. The van der Waals surface area contributed by atoms with Gasteiger partial charge in [-0.2, -0.15) is 10.2 Å². The van der Waals surface area contributed by atoms with Crippen molar-refractivity contribution >= 4 is 5.78 Å². The van der Waals surface area contributed by atoms with Crippen molar-refractivity contribution in [2.24, 2.45) is 0 Å². The summed E-state index contributed by atoms with van der Waals surface area (Å²) in [7, 11) is 0. The smallest absolute Gasteiger partial charge is 0.134 e. The SMILES string of the molecule is CCc1ccnnc1-c1cnc2c(c1CC(C)=O)CCC2. The summed E-state index contributed by atoms with van der Waals surface area (Å²) in [5.74, 6) is 0.179. The third kappa shape index (κ3) is 2.58. The molecule has 0 unspecified atom stereocenters. The number of aryl methyl sites for hydroxylation is 2. The Hall–Kier alpha value is -2.10. The number of hydrogen-bond acceptors (Lipinski definition) is 4. The third-order valence-electron chi connectivity index (χ3n) is 4.09. The summed E-state index contributed by atoms with van der Waals surface area (Å²) in [6, 6.07) is 1.99. The summed E-state index contributed by atoms with van der Waals surface area (Å²) in [5.41, 5.74) is 6.52. The van der Waals surface area contributed by atoms with Crippen molar-refractivity contribution in [3.63, 3.8) is 0 Å². The van der Waals surface area contributed by atoms with Gasteiger partial charge in [0.25, 0.3) is 0 Å². The van der Waals surface area contributed by atoms with Crippen LogP contribution in [-0.2, 0) is 30.5 Å². The molecule has 0 saturated heterocycles. The van der Waals surface area contributed by atoms with Crippen LogP contribution in [0.2, 0.25) is 0 Å². The van der Waals surface area contributed by atoms with Crippen molar-refractivity contribution in [3.05, 3.63) is 40.8 Å². The van der Waals surface area contributed by atoms with Gasteiger partial charge in [0.05, 0.1) is 5.69 Å². The van der Waals surface area contributed by atoms with Gasteiger partial charge >= 0.3 is 0 Å². The van der Waals surface area contributed by atoms with E-state index in [-0.39, 0.29) is 5.78 Å². The van der Waals surface area contributed by atoms with E-state index in [9.17, 15) is 4.79 Å². The van der Waals surface area contributed by atoms with Crippen molar-refractivity contribution in [2.45, 2.75) is 46.0 Å². The van der Waals surface area contributed by atoms with Gasteiger partial charge in [0.2, 0.25) is 0 Å². The molecule has 3 rings (SSSR count). The van der Waals surface area contributed by atoms with Crippen molar-refractivity contribution in [1.82, 2.24) is 15.2 Å². The maximum Gasteiger partial charge on any atom is 0.134 e. The monoisotopic (exact) mass is 281 g/mol. The zero-order valence-corrected chi connectivity index (χ0v) is 12.5. The summed E-state index contributed by atoms with van der Waals surface area (Å²) in [6.45, 7) is 3.74. The predicted molar refractivity (Wildman–Crippen MR) is 81.1 cm³/mol. The van der Waals surface area contributed by atoms with E-state index in [0.717, 1.165) is 53.8 Å². The molecule has 21 heavy (non-hydrogen) atoms. The number of nitrogens with zero attached hydrogens (tertiary/aromatic N) is 3. The lowest BCUT2D eigenvalue weighted by Gasteiger charge is -2.14. The maximum absolute atomic E-state index is 11.7. The molecule has 0 radical (unpaired) electrons. The molecule has 108 valence electrons. The first kappa shape index (κ1) is 13.9. The van der Waals surface area contributed by atoms with Crippen LogP contribution in [0, 0.1) is 0 Å². The quantitative estimate of drug-likeness (QED) is 0.864. The van der Waals surface area contributed by atoms with Crippen LogP contribution in [0.4, 0.5) is 0 Å². The highest BCUT2D eigenvalue weighted by atomic mass is 16.1. The van der Waals surface area contributed by atoms with E-state index in [1.807, 2.05) is 12.3 Å². The molecule has 0 N–H and O–H groups in total. The fourth-order valence-electron chi connectivity index (χ4n) is 3.10. The van der Waals surface area contributed by atoms with Gasteiger partial charge in [-0.3, -0.25) is 9.78 Å². The van der Waals surface area contributed by atoms with E-state index in [2.05, 4.69) is 22.1 Å². The van der Waals surface area contributed by atoms with Crippen molar-refractivity contribution in [1.29, 1.82) is 0 Å². The Labute approximate surface area is 124 Å². The molecule has 2 aromatic rings. The van der Waals surface area contributed by atoms with Gasteiger partial charge in [0.15, 0.2) is 0 Å². The molecule has 4 heteroatoms. The van der Waals surface area contributed by atoms with Gasteiger partial charge < -0.3 is 0 Å². The molecular formula is C17H19N3O. The molecule has 0 amide bonds. The van der Waals surface area contributed by atoms with Gasteiger partial charge in [-0.25, -0.2) is 0 Å². The van der Waals surface area contributed by atoms with Gasteiger partial charge in [-0.05, 0) is 55.4 Å². The number of pyridine rings is 1. The lowest BCUT2D eigenvalue weighted by molar-refractivity contribution is -0.116. The maximum atomic E-state index is 11.7. The summed E-state index contributed by atoms with van der Waals surface area (Å²) in [5, 5.41) is 8.33. The topological polar surface area (TPSA) is 55.7 Å². The summed E-state index contributed by atoms with van der Waals surface area (Å²) < 4.78 is 0. The number of rotatable bonds is 4. The molecular weight excluding hydrogens is 262 g/mol. The van der Waals surface area contributed by atoms with E-state index in [1.54, 1.807) is 13.1 Å². The first-order valence-corrected chi connectivity index (χ1v) is 7.50. The minimum Gasteiger partial charge on any atom is -0.300 e. The molecule has 4 nitrogen and oxygen atoms in total. The van der Waals surface area contributed by atoms with Crippen molar-refractivity contribution in [3.8, 4) is 11.3 Å². The van der Waals surface area contributed by atoms with E-state index in [1.165, 1.54) is 5.56 Å². The Morgan fingerprint density at radius 1 is 1.33 bits per heavy atom. The fraction of sp³-hybridized carbons (Fsp3) is 0.412. The standard InChI is InChI=1S/C17H19N3O/c1-3-12-7-8-19-20-17(12)15-10-18-16-6-4-5-13(16)14(15)9-11(2)21/h7-8,10H,3-6,9H2,1-2H3. The lowest BCUT2D eigenvalue weighted by Crippen LogP contribution is -2.07. The molecule has 0 saturated carbocycles. The van der Waals surface area contributed by atoms with Gasteiger partial charge in [0.1, 0.15) is 5.78 Å². The summed E-state index contributed by atoms with van der Waals surface area (Å²) in [4.78, 5) is 16.3. The van der Waals surface area contributed by atoms with Crippen LogP contribution in [0.3, 0.4) is 0 Å². The Kier molecular flexibility index (Phi) is 3.78. The zero-order chi connectivity index (χ0) is 14.8. The number of Topliss-reactive ketones (excluding diaryl/α,β-unsaturated/α-hetero) is 1. The second-order valence-electron chi connectivity index (χ2n) is 5.57. The average Bonchev–Trinajstić information content (AvgIpc) is 2.96. The number of carbonyl (C=O) groups excluding carboxylic acids is 1. The second kappa shape index (κ2) is 5.72. The Morgan fingerprint density at radius 3 is 2.95 bits per heavy atom. The molecule has 0 bridgehead atoms. The zero-order valence-electron chi connectivity index (χ0n) is 12.5. The normalized spacial score (nSPS) is 13.2. The van der Waals surface area contributed by atoms with E-state index in [4.69, 9.17) is 0 Å². The number of fused-ring (bicyclic) bond motifs is 1. The van der Waals surface area contributed by atoms with Crippen LogP contribution in [-0.4, -0.2) is 21.0 Å². The highest BCUT2D eigenvalue weighted by molar-refractivity contribution is 5.82. The number of hydrogen-bond donors (Lipinski definition) is 0. The molecule has 0 spiro atoms. The number of ketones is 1. The van der Waals surface area contributed by atoms with Crippen LogP contribution in [0.25, 0.3) is 11.3 Å². The molecule has 0 aromatic carbocycles. The first-order chi connectivity index (χ1) is 10.2. The highest BCUT2D eigenvalue weighted by Gasteiger charge is 2.22. The molecule has 0 fully saturated rings.